The van der Waals surface area contributed by atoms with Crippen molar-refractivity contribution in [2.24, 2.45) is 0 Å². The lowest BCUT2D eigenvalue weighted by atomic mass is 10.2. The summed E-state index contributed by atoms with van der Waals surface area (Å²) < 4.78 is 93.8. The van der Waals surface area contributed by atoms with E-state index >= 15 is 0 Å². The number of hydrogen-bond acceptors (Lipinski definition) is 5. The summed E-state index contributed by atoms with van der Waals surface area (Å²) in [6.45, 7) is 3.51. The number of nitrogens with zero attached hydrogens (tertiary/aromatic N) is 2. The van der Waals surface area contributed by atoms with Crippen molar-refractivity contribution in [2.75, 3.05) is 13.4 Å². The highest BCUT2D eigenvalue weighted by molar-refractivity contribution is 7.90. The smallest absolute Gasteiger partial charge is 0.382 e. The summed E-state index contributed by atoms with van der Waals surface area (Å²) >= 11 is 0. The van der Waals surface area contributed by atoms with E-state index in [0.29, 0.717) is 0 Å². The number of aliphatic hydroxyl groups is 1. The fourth-order valence-corrected chi connectivity index (χ4v) is 3.47. The lowest BCUT2D eigenvalue weighted by Crippen LogP contribution is -2.32. The number of rotatable bonds is 5. The molecule has 0 saturated heterocycles. The number of aromatic nitrogens is 2. The van der Waals surface area contributed by atoms with Crippen LogP contribution < -0.4 is 0 Å². The van der Waals surface area contributed by atoms with Gasteiger partial charge in [0, 0.05) is 31.9 Å². The van der Waals surface area contributed by atoms with Gasteiger partial charge in [0.1, 0.15) is 6.10 Å². The summed E-state index contributed by atoms with van der Waals surface area (Å²) in [5.74, 6) is -3.61. The number of fused-ring (bicyclic) bond motifs is 1. The average molecular weight is 408 g/mol. The van der Waals surface area contributed by atoms with Gasteiger partial charge in [0.2, 0.25) is 0 Å². The first kappa shape index (κ1) is 22.8. The van der Waals surface area contributed by atoms with Gasteiger partial charge >= 0.3 is 6.18 Å². The van der Waals surface area contributed by atoms with E-state index in [0.717, 1.165) is 18.0 Å². The lowest BCUT2D eigenvalue weighted by molar-refractivity contribution is -0.215. The minimum absolute atomic E-state index is 0.287. The van der Waals surface area contributed by atoms with Gasteiger partial charge in [-0.25, -0.2) is 17.2 Å². The predicted molar refractivity (Wildman–Crippen MR) is 81.8 cm³/mol. The van der Waals surface area contributed by atoms with Gasteiger partial charge in [0.05, 0.1) is 12.1 Å². The maximum atomic E-state index is 13.7. The van der Waals surface area contributed by atoms with Gasteiger partial charge in [0.15, 0.2) is 21.0 Å². The van der Waals surface area contributed by atoms with E-state index in [2.05, 4.69) is 9.84 Å². The SMILES string of the molecule is CC.COC(CCn1nc(S(C)(=O)=O)c2c1CC(F)(F)C2O)C(F)(F)F. The van der Waals surface area contributed by atoms with Crippen LogP contribution in [-0.2, 0) is 27.5 Å². The van der Waals surface area contributed by atoms with Gasteiger partial charge in [0.25, 0.3) is 5.92 Å². The highest BCUT2D eigenvalue weighted by Gasteiger charge is 2.52. The molecule has 0 saturated carbocycles. The number of hydrogen-bond donors (Lipinski definition) is 1. The molecule has 1 aliphatic rings. The second kappa shape index (κ2) is 7.77. The molecule has 1 aromatic heterocycles. The Balaban J connectivity index is 0.00000163. The third-order valence-corrected chi connectivity index (χ3v) is 4.75. The van der Waals surface area contributed by atoms with Crippen LogP contribution in [0.3, 0.4) is 0 Å². The standard InChI is InChI=1S/C12H15F5N2O4S.C2H6/c1-23-7(12(15,16)17)3-4-19-6-5-11(13,14)9(20)8(6)10(18-19)24(2,21)22;1-2/h7,9,20H,3-5H2,1-2H3;1-2H3. The first-order valence-electron chi connectivity index (χ1n) is 7.74. The van der Waals surface area contributed by atoms with Crippen molar-refractivity contribution in [3.8, 4) is 0 Å². The Labute approximate surface area is 147 Å². The van der Waals surface area contributed by atoms with Crippen molar-refractivity contribution in [1.82, 2.24) is 9.78 Å². The predicted octanol–water partition coefficient (Wildman–Crippen LogP) is 2.51. The zero-order chi connectivity index (χ0) is 20.5. The van der Waals surface area contributed by atoms with E-state index in [4.69, 9.17) is 0 Å². The molecule has 1 aliphatic carbocycles. The molecule has 0 aromatic carbocycles. The molecule has 0 bridgehead atoms. The second-order valence-corrected chi connectivity index (χ2v) is 7.49. The summed E-state index contributed by atoms with van der Waals surface area (Å²) in [6.07, 6.45) is -10.1. The normalized spacial score (nSPS) is 20.3. The fourth-order valence-electron chi connectivity index (χ4n) is 2.59. The number of ether oxygens (including phenoxy) is 1. The van der Waals surface area contributed by atoms with Crippen LogP contribution >= 0.6 is 0 Å². The Bertz CT molecular complexity index is 730. The third-order valence-electron chi connectivity index (χ3n) is 3.74. The quantitative estimate of drug-likeness (QED) is 0.758. The molecule has 152 valence electrons. The third kappa shape index (κ3) is 4.52. The van der Waals surface area contributed by atoms with E-state index in [1.807, 2.05) is 13.8 Å². The number of halogens is 5. The molecule has 6 nitrogen and oxygen atoms in total. The molecule has 0 spiro atoms. The van der Waals surface area contributed by atoms with E-state index in [-0.39, 0.29) is 5.69 Å². The Morgan fingerprint density at radius 2 is 1.92 bits per heavy atom. The van der Waals surface area contributed by atoms with Crippen molar-refractivity contribution in [3.05, 3.63) is 11.3 Å². The van der Waals surface area contributed by atoms with Crippen molar-refractivity contribution >= 4 is 9.84 Å². The number of sulfone groups is 1. The van der Waals surface area contributed by atoms with Gasteiger partial charge in [-0.3, -0.25) is 4.68 Å². The zero-order valence-electron chi connectivity index (χ0n) is 14.6. The van der Waals surface area contributed by atoms with Crippen LogP contribution in [0.15, 0.2) is 5.03 Å². The first-order chi connectivity index (χ1) is 11.8. The van der Waals surface area contributed by atoms with Gasteiger partial charge in [-0.15, -0.1) is 0 Å². The second-order valence-electron chi connectivity index (χ2n) is 5.56. The van der Waals surface area contributed by atoms with E-state index in [1.54, 1.807) is 0 Å². The molecule has 0 amide bonds. The lowest BCUT2D eigenvalue weighted by Gasteiger charge is -2.19. The summed E-state index contributed by atoms with van der Waals surface area (Å²) in [4.78, 5) is 0. The first-order valence-corrected chi connectivity index (χ1v) is 9.63. The molecule has 2 atom stereocenters. The molecule has 0 aliphatic heterocycles. The fraction of sp³-hybridized carbons (Fsp3) is 0.786. The molecule has 1 N–H and O–H groups in total. The van der Waals surface area contributed by atoms with Gasteiger partial charge in [-0.2, -0.15) is 18.3 Å². The van der Waals surface area contributed by atoms with Crippen molar-refractivity contribution in [2.45, 2.75) is 62.6 Å². The molecule has 12 heteroatoms. The topological polar surface area (TPSA) is 81.4 Å². The highest BCUT2D eigenvalue weighted by Crippen LogP contribution is 2.45. The maximum absolute atomic E-state index is 13.7. The van der Waals surface area contributed by atoms with Gasteiger partial charge in [-0.1, -0.05) is 13.8 Å². The Morgan fingerprint density at radius 1 is 1.38 bits per heavy atom. The number of aryl methyl sites for hydroxylation is 1. The Morgan fingerprint density at radius 3 is 2.35 bits per heavy atom. The average Bonchev–Trinajstić information content (AvgIpc) is 2.96. The van der Waals surface area contributed by atoms with Crippen LogP contribution in [0, 0.1) is 0 Å². The van der Waals surface area contributed by atoms with Crippen LogP contribution in [0.2, 0.25) is 0 Å². The highest BCUT2D eigenvalue weighted by atomic mass is 32.2. The van der Waals surface area contributed by atoms with Crippen molar-refractivity contribution < 1.29 is 40.2 Å². The minimum atomic E-state index is -4.66. The van der Waals surface area contributed by atoms with E-state index < -0.39 is 64.1 Å². The van der Waals surface area contributed by atoms with Crippen LogP contribution in [-0.4, -0.2) is 54.9 Å². The summed E-state index contributed by atoms with van der Waals surface area (Å²) in [7, 11) is -3.19. The molecule has 0 radical (unpaired) electrons. The molecule has 26 heavy (non-hydrogen) atoms. The molecule has 0 fully saturated rings. The molecular formula is C14H21F5N2O4S. The maximum Gasteiger partial charge on any atom is 0.414 e. The molecule has 1 aromatic rings. The molecular weight excluding hydrogens is 387 g/mol. The minimum Gasteiger partial charge on any atom is -0.382 e. The Kier molecular flexibility index (Phi) is 6.80. The molecule has 2 rings (SSSR count). The summed E-state index contributed by atoms with van der Waals surface area (Å²) in [5.41, 5.74) is -0.839. The van der Waals surface area contributed by atoms with Crippen LogP contribution in [0.4, 0.5) is 22.0 Å². The van der Waals surface area contributed by atoms with Crippen molar-refractivity contribution in [3.63, 3.8) is 0 Å². The largest absolute Gasteiger partial charge is 0.414 e. The molecule has 2 unspecified atom stereocenters. The number of alkyl halides is 5. The van der Waals surface area contributed by atoms with Crippen LogP contribution in [0.5, 0.6) is 0 Å². The van der Waals surface area contributed by atoms with Crippen LogP contribution in [0.1, 0.15) is 37.6 Å². The summed E-state index contributed by atoms with van der Waals surface area (Å²) in [6, 6.07) is 0. The number of aliphatic hydroxyl groups excluding tert-OH is 1. The monoisotopic (exact) mass is 408 g/mol. The molecule has 1 heterocycles. The van der Waals surface area contributed by atoms with Gasteiger partial charge in [-0.05, 0) is 0 Å². The van der Waals surface area contributed by atoms with E-state index in [9.17, 15) is 35.5 Å². The van der Waals surface area contributed by atoms with Crippen molar-refractivity contribution in [1.29, 1.82) is 0 Å². The summed E-state index contributed by atoms with van der Waals surface area (Å²) in [5, 5.41) is 12.5. The van der Waals surface area contributed by atoms with E-state index in [1.165, 1.54) is 0 Å². The Hall–Kier alpha value is -1.27. The zero-order valence-corrected chi connectivity index (χ0v) is 15.5. The van der Waals surface area contributed by atoms with Gasteiger partial charge < -0.3 is 9.84 Å². The number of methoxy groups -OCH3 is 1. The van der Waals surface area contributed by atoms with Crippen LogP contribution in [0.25, 0.3) is 0 Å².